The summed E-state index contributed by atoms with van der Waals surface area (Å²) in [5.74, 6) is 2.71. The first-order chi connectivity index (χ1) is 7.61. The van der Waals surface area contributed by atoms with Crippen LogP contribution in [0.2, 0.25) is 0 Å². The number of hydrogen-bond donors (Lipinski definition) is 1. The molecule has 0 aliphatic heterocycles. The molecule has 0 aliphatic carbocycles. The predicted molar refractivity (Wildman–Crippen MR) is 65.4 cm³/mol. The van der Waals surface area contributed by atoms with E-state index in [2.05, 4.69) is 10.9 Å². The van der Waals surface area contributed by atoms with Gasteiger partial charge in [0.15, 0.2) is 5.78 Å². The molecule has 2 rings (SSSR count). The molecule has 0 aliphatic rings. The molecule has 2 aromatic rings. The Balaban J connectivity index is 2.53. The van der Waals surface area contributed by atoms with Crippen molar-refractivity contribution >= 4 is 16.7 Å². The van der Waals surface area contributed by atoms with Crippen LogP contribution in [0.5, 0.6) is 0 Å². The van der Waals surface area contributed by atoms with Gasteiger partial charge in [-0.25, -0.2) is 0 Å². The molecule has 0 saturated heterocycles. The first-order valence-electron chi connectivity index (χ1n) is 5.25. The van der Waals surface area contributed by atoms with Crippen LogP contribution >= 0.6 is 0 Å². The lowest BCUT2D eigenvalue weighted by molar-refractivity contribution is 0.0935. The molecule has 80 valence electrons. The summed E-state index contributed by atoms with van der Waals surface area (Å²) in [6, 6.07) is 7.53. The minimum atomic E-state index is 0.000154. The van der Waals surface area contributed by atoms with Crippen LogP contribution in [-0.4, -0.2) is 10.8 Å². The van der Waals surface area contributed by atoms with Crippen LogP contribution in [0, 0.1) is 18.3 Å². The van der Waals surface area contributed by atoms with Gasteiger partial charge in [0, 0.05) is 22.4 Å². The number of fused-ring (bicyclic) bond motifs is 1. The molecule has 0 bridgehead atoms. The van der Waals surface area contributed by atoms with Crippen molar-refractivity contribution in [1.82, 2.24) is 4.98 Å². The smallest absolute Gasteiger partial charge is 0.181 e. The standard InChI is InChI=1S/C14H13NO/c1-4-10-5-6-12-11(7-10)8-13(15-12)14(16)9(2)3/h1,5-9,15H,2-3H3. The third kappa shape index (κ3) is 1.72. The van der Waals surface area contributed by atoms with Crippen molar-refractivity contribution in [1.29, 1.82) is 0 Å². The summed E-state index contributed by atoms with van der Waals surface area (Å²) < 4.78 is 0. The molecule has 0 spiro atoms. The van der Waals surface area contributed by atoms with Crippen LogP contribution in [0.1, 0.15) is 29.9 Å². The van der Waals surface area contributed by atoms with E-state index in [1.807, 2.05) is 38.1 Å². The summed E-state index contributed by atoms with van der Waals surface area (Å²) >= 11 is 0. The van der Waals surface area contributed by atoms with Crippen LogP contribution in [-0.2, 0) is 0 Å². The van der Waals surface area contributed by atoms with Gasteiger partial charge in [-0.1, -0.05) is 19.8 Å². The average molecular weight is 211 g/mol. The lowest BCUT2D eigenvalue weighted by atomic mass is 10.1. The summed E-state index contributed by atoms with van der Waals surface area (Å²) in [6.07, 6.45) is 5.33. The van der Waals surface area contributed by atoms with Crippen LogP contribution in [0.4, 0.5) is 0 Å². The lowest BCUT2D eigenvalue weighted by Gasteiger charge is -1.99. The minimum Gasteiger partial charge on any atom is -0.352 e. The van der Waals surface area contributed by atoms with Gasteiger partial charge < -0.3 is 4.98 Å². The highest BCUT2D eigenvalue weighted by Gasteiger charge is 2.12. The van der Waals surface area contributed by atoms with Crippen LogP contribution in [0.15, 0.2) is 24.3 Å². The zero-order valence-corrected chi connectivity index (χ0v) is 9.37. The zero-order valence-electron chi connectivity index (χ0n) is 9.37. The van der Waals surface area contributed by atoms with E-state index in [0.717, 1.165) is 16.5 Å². The van der Waals surface area contributed by atoms with Crippen molar-refractivity contribution in [2.75, 3.05) is 0 Å². The van der Waals surface area contributed by atoms with E-state index in [-0.39, 0.29) is 11.7 Å². The Hall–Kier alpha value is -2.01. The highest BCUT2D eigenvalue weighted by Crippen LogP contribution is 2.18. The quantitative estimate of drug-likeness (QED) is 0.601. The Bertz CT molecular complexity index is 584. The van der Waals surface area contributed by atoms with Crippen LogP contribution < -0.4 is 0 Å². The van der Waals surface area contributed by atoms with Crippen molar-refractivity contribution in [2.45, 2.75) is 13.8 Å². The molecule has 0 unspecified atom stereocenters. The number of H-pyrrole nitrogens is 1. The van der Waals surface area contributed by atoms with Gasteiger partial charge in [0.05, 0.1) is 5.69 Å². The fourth-order valence-corrected chi connectivity index (χ4v) is 1.67. The van der Waals surface area contributed by atoms with Crippen molar-refractivity contribution in [3.63, 3.8) is 0 Å². The van der Waals surface area contributed by atoms with E-state index in [1.165, 1.54) is 0 Å². The third-order valence-corrected chi connectivity index (χ3v) is 2.58. The van der Waals surface area contributed by atoms with Gasteiger partial charge in [0.2, 0.25) is 0 Å². The second kappa shape index (κ2) is 3.86. The summed E-state index contributed by atoms with van der Waals surface area (Å²) in [5, 5.41) is 0.986. The van der Waals surface area contributed by atoms with Crippen molar-refractivity contribution < 1.29 is 4.79 Å². The Morgan fingerprint density at radius 2 is 2.12 bits per heavy atom. The molecule has 0 atom stereocenters. The fourth-order valence-electron chi connectivity index (χ4n) is 1.67. The number of carbonyl (C=O) groups excluding carboxylic acids is 1. The number of hydrogen-bond acceptors (Lipinski definition) is 1. The molecular weight excluding hydrogens is 198 g/mol. The third-order valence-electron chi connectivity index (χ3n) is 2.58. The molecule has 0 amide bonds. The van der Waals surface area contributed by atoms with E-state index < -0.39 is 0 Å². The maximum absolute atomic E-state index is 11.8. The highest BCUT2D eigenvalue weighted by molar-refractivity contribution is 6.00. The second-order valence-electron chi connectivity index (χ2n) is 4.15. The van der Waals surface area contributed by atoms with Gasteiger partial charge in [-0.2, -0.15) is 0 Å². The summed E-state index contributed by atoms with van der Waals surface area (Å²) in [6.45, 7) is 3.78. The fraction of sp³-hybridized carbons (Fsp3) is 0.214. The zero-order chi connectivity index (χ0) is 11.7. The molecule has 16 heavy (non-hydrogen) atoms. The molecule has 1 N–H and O–H groups in total. The number of aromatic amines is 1. The van der Waals surface area contributed by atoms with Crippen molar-refractivity contribution in [2.24, 2.45) is 5.92 Å². The molecular formula is C14H13NO. The van der Waals surface area contributed by atoms with Crippen molar-refractivity contribution in [3.8, 4) is 12.3 Å². The van der Waals surface area contributed by atoms with Crippen LogP contribution in [0.3, 0.4) is 0 Å². The maximum Gasteiger partial charge on any atom is 0.181 e. The number of rotatable bonds is 2. The molecule has 0 fully saturated rings. The number of carbonyl (C=O) groups is 1. The minimum absolute atomic E-state index is 0.000154. The SMILES string of the molecule is C#Cc1ccc2[nH]c(C(=O)C(C)C)cc2c1. The second-order valence-corrected chi connectivity index (χ2v) is 4.15. The topological polar surface area (TPSA) is 32.9 Å². The number of Topliss-reactive ketones (excluding diaryl/α,β-unsaturated/α-hetero) is 1. The molecule has 0 saturated carbocycles. The largest absolute Gasteiger partial charge is 0.352 e. The van der Waals surface area contributed by atoms with E-state index in [0.29, 0.717) is 5.69 Å². The summed E-state index contributed by atoms with van der Waals surface area (Å²) in [4.78, 5) is 14.9. The monoisotopic (exact) mass is 211 g/mol. The number of terminal acetylenes is 1. The molecule has 2 heteroatoms. The normalized spacial score (nSPS) is 10.6. The molecule has 1 aromatic carbocycles. The Kier molecular flexibility index (Phi) is 2.54. The van der Waals surface area contributed by atoms with Gasteiger partial charge in [-0.05, 0) is 24.3 Å². The summed E-state index contributed by atoms with van der Waals surface area (Å²) in [5.41, 5.74) is 2.43. The highest BCUT2D eigenvalue weighted by atomic mass is 16.1. The lowest BCUT2D eigenvalue weighted by Crippen LogP contribution is -2.07. The number of ketones is 1. The van der Waals surface area contributed by atoms with Gasteiger partial charge in [0.25, 0.3) is 0 Å². The van der Waals surface area contributed by atoms with E-state index in [4.69, 9.17) is 6.42 Å². The van der Waals surface area contributed by atoms with Gasteiger partial charge in [-0.3, -0.25) is 4.79 Å². The van der Waals surface area contributed by atoms with E-state index in [9.17, 15) is 4.79 Å². The van der Waals surface area contributed by atoms with E-state index >= 15 is 0 Å². The molecule has 1 heterocycles. The van der Waals surface area contributed by atoms with Gasteiger partial charge in [0.1, 0.15) is 0 Å². The number of benzene rings is 1. The first-order valence-corrected chi connectivity index (χ1v) is 5.25. The predicted octanol–water partition coefficient (Wildman–Crippen LogP) is 2.99. The average Bonchev–Trinajstić information content (AvgIpc) is 2.69. The summed E-state index contributed by atoms with van der Waals surface area (Å²) in [7, 11) is 0. The Labute approximate surface area is 94.7 Å². The van der Waals surface area contributed by atoms with Gasteiger partial charge >= 0.3 is 0 Å². The number of aromatic nitrogens is 1. The van der Waals surface area contributed by atoms with E-state index in [1.54, 1.807) is 0 Å². The molecule has 1 aromatic heterocycles. The molecule has 2 nitrogen and oxygen atoms in total. The molecule has 0 radical (unpaired) electrons. The Morgan fingerprint density at radius 3 is 2.75 bits per heavy atom. The van der Waals surface area contributed by atoms with Crippen LogP contribution in [0.25, 0.3) is 10.9 Å². The van der Waals surface area contributed by atoms with Crippen molar-refractivity contribution in [3.05, 3.63) is 35.5 Å². The number of nitrogens with one attached hydrogen (secondary N) is 1. The van der Waals surface area contributed by atoms with Gasteiger partial charge in [-0.15, -0.1) is 6.42 Å². The Morgan fingerprint density at radius 1 is 1.38 bits per heavy atom. The maximum atomic E-state index is 11.8. The first kappa shape index (κ1) is 10.5.